The number of carbonyl (C=O) groups is 1. The molecule has 17 heavy (non-hydrogen) atoms. The number of hydrogen-bond donors (Lipinski definition) is 1. The average Bonchev–Trinajstić information content (AvgIpc) is 2.63. The number of primary sulfonamides is 1. The third-order valence-corrected chi connectivity index (χ3v) is 4.25. The fourth-order valence-corrected chi connectivity index (χ4v) is 2.67. The summed E-state index contributed by atoms with van der Waals surface area (Å²) in [6.45, 7) is -0.709. The summed E-state index contributed by atoms with van der Waals surface area (Å²) in [6.07, 6.45) is -2.64. The Balaban J connectivity index is 2.88. The van der Waals surface area contributed by atoms with Gasteiger partial charge in [-0.2, -0.15) is 0 Å². The van der Waals surface area contributed by atoms with Gasteiger partial charge in [0.25, 0.3) is 12.3 Å². The van der Waals surface area contributed by atoms with Crippen LogP contribution in [0.5, 0.6) is 0 Å². The van der Waals surface area contributed by atoms with Crippen LogP contribution in [0, 0.1) is 0 Å². The second-order valence-electron chi connectivity index (χ2n) is 3.28. The van der Waals surface area contributed by atoms with Gasteiger partial charge in [-0.3, -0.25) is 4.79 Å². The summed E-state index contributed by atoms with van der Waals surface area (Å²) in [5.74, 6) is -0.670. The number of alkyl halides is 2. The molecule has 1 aromatic heterocycles. The highest BCUT2D eigenvalue weighted by atomic mass is 32.2. The lowest BCUT2D eigenvalue weighted by Crippen LogP contribution is -2.31. The number of nitrogens with zero attached hydrogens (tertiary/aromatic N) is 1. The van der Waals surface area contributed by atoms with Gasteiger partial charge in [-0.05, 0) is 6.07 Å². The highest BCUT2D eigenvalue weighted by molar-refractivity contribution is 7.91. The summed E-state index contributed by atoms with van der Waals surface area (Å²) in [4.78, 5) is 12.4. The van der Waals surface area contributed by atoms with Gasteiger partial charge in [0.05, 0.1) is 12.1 Å². The Hall–Kier alpha value is -1.06. The Kier molecular flexibility index (Phi) is 4.17. The molecule has 1 aromatic rings. The van der Waals surface area contributed by atoms with Crippen molar-refractivity contribution in [1.82, 2.24) is 4.90 Å². The van der Waals surface area contributed by atoms with Crippen LogP contribution in [0.3, 0.4) is 0 Å². The lowest BCUT2D eigenvalue weighted by atomic mass is 10.3. The predicted molar refractivity (Wildman–Crippen MR) is 58.7 cm³/mol. The third-order valence-electron chi connectivity index (χ3n) is 1.86. The van der Waals surface area contributed by atoms with Crippen LogP contribution in [-0.2, 0) is 10.0 Å². The Morgan fingerprint density at radius 1 is 1.59 bits per heavy atom. The zero-order chi connectivity index (χ0) is 13.2. The van der Waals surface area contributed by atoms with Gasteiger partial charge >= 0.3 is 0 Å². The van der Waals surface area contributed by atoms with Gasteiger partial charge in [-0.25, -0.2) is 22.3 Å². The molecule has 1 heterocycles. The molecule has 0 fully saturated rings. The molecular formula is C8H10F2N2O3S2. The van der Waals surface area contributed by atoms with Gasteiger partial charge in [-0.1, -0.05) is 0 Å². The van der Waals surface area contributed by atoms with Crippen molar-refractivity contribution < 1.29 is 22.0 Å². The normalized spacial score (nSPS) is 11.8. The molecule has 96 valence electrons. The fraction of sp³-hybridized carbons (Fsp3) is 0.375. The molecule has 2 N–H and O–H groups in total. The van der Waals surface area contributed by atoms with E-state index in [1.165, 1.54) is 12.4 Å². The van der Waals surface area contributed by atoms with Crippen LogP contribution < -0.4 is 5.14 Å². The number of thiophene rings is 1. The average molecular weight is 284 g/mol. The van der Waals surface area contributed by atoms with E-state index in [1.54, 1.807) is 0 Å². The number of amides is 1. The van der Waals surface area contributed by atoms with E-state index in [1.807, 2.05) is 0 Å². The predicted octanol–water partition coefficient (Wildman–Crippen LogP) is 0.733. The maximum atomic E-state index is 12.0. The van der Waals surface area contributed by atoms with Crippen molar-refractivity contribution in [2.75, 3.05) is 13.6 Å². The second-order valence-corrected chi connectivity index (χ2v) is 5.98. The highest BCUT2D eigenvalue weighted by Crippen LogP contribution is 2.20. The first-order chi connectivity index (χ1) is 7.71. The Morgan fingerprint density at radius 3 is 2.59 bits per heavy atom. The van der Waals surface area contributed by atoms with Crippen molar-refractivity contribution in [3.8, 4) is 0 Å². The van der Waals surface area contributed by atoms with E-state index in [-0.39, 0.29) is 9.77 Å². The summed E-state index contributed by atoms with van der Waals surface area (Å²) >= 11 is 0.773. The van der Waals surface area contributed by atoms with Crippen molar-refractivity contribution in [3.05, 3.63) is 17.0 Å². The second kappa shape index (κ2) is 5.07. The third kappa shape index (κ3) is 3.72. The first-order valence-corrected chi connectivity index (χ1v) is 6.79. The molecule has 0 saturated carbocycles. The minimum Gasteiger partial charge on any atom is -0.336 e. The lowest BCUT2D eigenvalue weighted by Gasteiger charge is -2.15. The first-order valence-electron chi connectivity index (χ1n) is 4.36. The van der Waals surface area contributed by atoms with Crippen molar-refractivity contribution in [2.24, 2.45) is 5.14 Å². The van der Waals surface area contributed by atoms with E-state index in [0.29, 0.717) is 0 Å². The first kappa shape index (κ1) is 14.0. The standard InChI is InChI=1S/C8H10F2N2O3S2/c1-12(3-6(9)10)8(13)5-2-7(16-4-5)17(11,14)15/h2,4,6H,3H2,1H3,(H2,11,14,15). The van der Waals surface area contributed by atoms with Crippen LogP contribution in [0.25, 0.3) is 0 Å². The Labute approximate surface area is 101 Å². The van der Waals surface area contributed by atoms with Crippen molar-refractivity contribution in [1.29, 1.82) is 0 Å². The van der Waals surface area contributed by atoms with Crippen molar-refractivity contribution in [2.45, 2.75) is 10.6 Å². The highest BCUT2D eigenvalue weighted by Gasteiger charge is 2.19. The molecular weight excluding hydrogens is 274 g/mol. The monoisotopic (exact) mass is 284 g/mol. The molecule has 0 atom stereocenters. The molecule has 9 heteroatoms. The number of hydrogen-bond acceptors (Lipinski definition) is 4. The molecule has 0 aromatic carbocycles. The number of carbonyl (C=O) groups excluding carboxylic acids is 1. The molecule has 0 aliphatic heterocycles. The van der Waals surface area contributed by atoms with E-state index in [2.05, 4.69) is 0 Å². The van der Waals surface area contributed by atoms with Crippen LogP contribution >= 0.6 is 11.3 Å². The molecule has 0 unspecified atom stereocenters. The summed E-state index contributed by atoms with van der Waals surface area (Å²) in [6, 6.07) is 1.07. The van der Waals surface area contributed by atoms with Gasteiger partial charge in [0.15, 0.2) is 0 Å². The van der Waals surface area contributed by atoms with Crippen molar-refractivity contribution >= 4 is 27.3 Å². The van der Waals surface area contributed by atoms with Gasteiger partial charge in [0.1, 0.15) is 4.21 Å². The van der Waals surface area contributed by atoms with E-state index >= 15 is 0 Å². The van der Waals surface area contributed by atoms with Crippen LogP contribution in [0.15, 0.2) is 15.7 Å². The molecule has 1 rings (SSSR count). The van der Waals surface area contributed by atoms with Gasteiger partial charge < -0.3 is 4.90 Å². The molecule has 0 saturated heterocycles. The van der Waals surface area contributed by atoms with Crippen LogP contribution in [0.2, 0.25) is 0 Å². The summed E-state index contributed by atoms with van der Waals surface area (Å²) in [5.41, 5.74) is 0.0298. The van der Waals surface area contributed by atoms with E-state index < -0.39 is 28.9 Å². The zero-order valence-corrected chi connectivity index (χ0v) is 10.4. The van der Waals surface area contributed by atoms with Crippen LogP contribution in [0.1, 0.15) is 10.4 Å². The minimum atomic E-state index is -3.86. The number of nitrogens with two attached hydrogens (primary N) is 1. The zero-order valence-electron chi connectivity index (χ0n) is 8.76. The van der Waals surface area contributed by atoms with Crippen LogP contribution in [0.4, 0.5) is 8.78 Å². The molecule has 0 radical (unpaired) electrons. The smallest absolute Gasteiger partial charge is 0.255 e. The topological polar surface area (TPSA) is 80.5 Å². The van der Waals surface area contributed by atoms with E-state index in [9.17, 15) is 22.0 Å². The molecule has 0 aliphatic carbocycles. The molecule has 0 spiro atoms. The number of rotatable bonds is 4. The largest absolute Gasteiger partial charge is 0.336 e. The summed E-state index contributed by atoms with van der Waals surface area (Å²) in [7, 11) is -2.65. The van der Waals surface area contributed by atoms with Gasteiger partial charge in [0.2, 0.25) is 10.0 Å². The summed E-state index contributed by atoms with van der Waals surface area (Å²) < 4.78 is 45.8. The molecule has 1 amide bonds. The van der Waals surface area contributed by atoms with Gasteiger partial charge in [0, 0.05) is 12.4 Å². The maximum absolute atomic E-state index is 12.0. The SMILES string of the molecule is CN(CC(F)F)C(=O)c1csc(S(N)(=O)=O)c1. The maximum Gasteiger partial charge on any atom is 0.255 e. The molecule has 0 aliphatic rings. The van der Waals surface area contributed by atoms with Crippen molar-refractivity contribution in [3.63, 3.8) is 0 Å². The Morgan fingerprint density at radius 2 is 2.18 bits per heavy atom. The Bertz CT molecular complexity index is 513. The van der Waals surface area contributed by atoms with Crippen LogP contribution in [-0.4, -0.2) is 39.2 Å². The van der Waals surface area contributed by atoms with E-state index in [0.717, 1.165) is 22.3 Å². The fourth-order valence-electron chi connectivity index (χ4n) is 1.09. The lowest BCUT2D eigenvalue weighted by molar-refractivity contribution is 0.0620. The quantitative estimate of drug-likeness (QED) is 0.885. The van der Waals surface area contributed by atoms with E-state index in [4.69, 9.17) is 5.14 Å². The molecule has 5 nitrogen and oxygen atoms in total. The number of sulfonamides is 1. The molecule has 0 bridgehead atoms. The van der Waals surface area contributed by atoms with Gasteiger partial charge in [-0.15, -0.1) is 11.3 Å². The summed E-state index contributed by atoms with van der Waals surface area (Å²) in [5, 5.41) is 6.13. The number of halogens is 2. The minimum absolute atomic E-state index is 0.0298.